The highest BCUT2D eigenvalue weighted by Crippen LogP contribution is 2.26. The summed E-state index contributed by atoms with van der Waals surface area (Å²) < 4.78 is 1.75. The SMILES string of the molecule is NC(Cc1ccc(Cl)s1)c1cncc(Br)c1. The molecule has 16 heavy (non-hydrogen) atoms. The summed E-state index contributed by atoms with van der Waals surface area (Å²) in [6.07, 6.45) is 4.33. The largest absolute Gasteiger partial charge is 0.324 e. The fourth-order valence-corrected chi connectivity index (χ4v) is 2.96. The second-order valence-electron chi connectivity index (χ2n) is 3.45. The molecule has 0 spiro atoms. The predicted molar refractivity (Wildman–Crippen MR) is 71.9 cm³/mol. The van der Waals surface area contributed by atoms with Gasteiger partial charge in [0.25, 0.3) is 0 Å². The van der Waals surface area contributed by atoms with Crippen LogP contribution in [0.1, 0.15) is 16.5 Å². The van der Waals surface area contributed by atoms with Gasteiger partial charge in [0.2, 0.25) is 0 Å². The van der Waals surface area contributed by atoms with Crippen LogP contribution in [0, 0.1) is 0 Å². The third kappa shape index (κ3) is 3.04. The number of hydrogen-bond acceptors (Lipinski definition) is 3. The standard InChI is InChI=1S/C11H10BrClN2S/c12-8-3-7(5-15-6-8)10(14)4-9-1-2-11(13)16-9/h1-3,5-6,10H,4,14H2. The zero-order valence-electron chi connectivity index (χ0n) is 8.36. The molecule has 0 aliphatic rings. The minimum atomic E-state index is -0.0419. The summed E-state index contributed by atoms with van der Waals surface area (Å²) in [6.45, 7) is 0. The first-order chi connectivity index (χ1) is 7.65. The molecule has 0 aliphatic carbocycles. The maximum Gasteiger partial charge on any atom is 0.0931 e. The van der Waals surface area contributed by atoms with E-state index >= 15 is 0 Å². The van der Waals surface area contributed by atoms with E-state index in [0.717, 1.165) is 20.8 Å². The van der Waals surface area contributed by atoms with Gasteiger partial charge in [0.15, 0.2) is 0 Å². The van der Waals surface area contributed by atoms with Crippen molar-refractivity contribution in [3.8, 4) is 0 Å². The maximum atomic E-state index is 6.11. The molecule has 2 N–H and O–H groups in total. The van der Waals surface area contributed by atoms with E-state index in [-0.39, 0.29) is 6.04 Å². The van der Waals surface area contributed by atoms with Crippen LogP contribution in [0.15, 0.2) is 35.1 Å². The Kier molecular flexibility index (Phi) is 3.97. The van der Waals surface area contributed by atoms with Crippen LogP contribution in [-0.4, -0.2) is 4.98 Å². The molecule has 0 bridgehead atoms. The van der Waals surface area contributed by atoms with Crippen LogP contribution in [0.25, 0.3) is 0 Å². The van der Waals surface area contributed by atoms with E-state index in [1.54, 1.807) is 23.7 Å². The number of thiophene rings is 1. The third-order valence-corrected chi connectivity index (χ3v) is 3.89. The molecule has 1 atom stereocenters. The molecule has 2 rings (SSSR count). The lowest BCUT2D eigenvalue weighted by Gasteiger charge is -2.10. The Morgan fingerprint density at radius 3 is 2.88 bits per heavy atom. The number of pyridine rings is 1. The molecule has 2 nitrogen and oxygen atoms in total. The van der Waals surface area contributed by atoms with Gasteiger partial charge in [0.1, 0.15) is 0 Å². The van der Waals surface area contributed by atoms with Crippen molar-refractivity contribution in [3.63, 3.8) is 0 Å². The van der Waals surface area contributed by atoms with Gasteiger partial charge in [-0.1, -0.05) is 11.6 Å². The molecule has 0 amide bonds. The van der Waals surface area contributed by atoms with Crippen molar-refractivity contribution in [1.82, 2.24) is 4.98 Å². The minimum Gasteiger partial charge on any atom is -0.324 e. The number of aromatic nitrogens is 1. The van der Waals surface area contributed by atoms with E-state index in [4.69, 9.17) is 17.3 Å². The molecule has 0 fully saturated rings. The molecule has 5 heteroatoms. The first kappa shape index (κ1) is 12.0. The van der Waals surface area contributed by atoms with Crippen molar-refractivity contribution in [2.75, 3.05) is 0 Å². The van der Waals surface area contributed by atoms with Crippen LogP contribution in [0.3, 0.4) is 0 Å². The Balaban J connectivity index is 2.11. The van der Waals surface area contributed by atoms with Crippen molar-refractivity contribution >= 4 is 38.9 Å². The zero-order valence-corrected chi connectivity index (χ0v) is 11.5. The Hall–Kier alpha value is -0.420. The van der Waals surface area contributed by atoms with E-state index < -0.39 is 0 Å². The first-order valence-corrected chi connectivity index (χ1v) is 6.74. The van der Waals surface area contributed by atoms with Crippen molar-refractivity contribution in [3.05, 3.63) is 49.8 Å². The van der Waals surface area contributed by atoms with Gasteiger partial charge in [-0.05, 0) is 39.7 Å². The average molecular weight is 318 g/mol. The van der Waals surface area contributed by atoms with Crippen molar-refractivity contribution < 1.29 is 0 Å². The zero-order chi connectivity index (χ0) is 11.5. The third-order valence-electron chi connectivity index (χ3n) is 2.20. The monoisotopic (exact) mass is 316 g/mol. The minimum absolute atomic E-state index is 0.0419. The Bertz CT molecular complexity index is 486. The van der Waals surface area contributed by atoms with Gasteiger partial charge in [0.05, 0.1) is 4.34 Å². The molecule has 2 heterocycles. The predicted octanol–water partition coefficient (Wildman–Crippen LogP) is 3.80. The Labute approximate surface area is 112 Å². The molecule has 0 aliphatic heterocycles. The fraction of sp³-hybridized carbons (Fsp3) is 0.182. The van der Waals surface area contributed by atoms with E-state index in [1.807, 2.05) is 18.2 Å². The van der Waals surface area contributed by atoms with Gasteiger partial charge in [0, 0.05) is 34.2 Å². The summed E-state index contributed by atoms with van der Waals surface area (Å²) in [5.41, 5.74) is 7.13. The topological polar surface area (TPSA) is 38.9 Å². The van der Waals surface area contributed by atoms with Gasteiger partial charge in [-0.3, -0.25) is 4.98 Å². The fourth-order valence-electron chi connectivity index (χ4n) is 1.43. The highest BCUT2D eigenvalue weighted by Gasteiger charge is 2.09. The van der Waals surface area contributed by atoms with Gasteiger partial charge >= 0.3 is 0 Å². The second kappa shape index (κ2) is 5.27. The van der Waals surface area contributed by atoms with Crippen molar-refractivity contribution in [1.29, 1.82) is 0 Å². The second-order valence-corrected chi connectivity index (χ2v) is 6.17. The first-order valence-electron chi connectivity index (χ1n) is 4.75. The van der Waals surface area contributed by atoms with Gasteiger partial charge in [-0.15, -0.1) is 11.3 Å². The lowest BCUT2D eigenvalue weighted by Crippen LogP contribution is -2.12. The average Bonchev–Trinajstić information content (AvgIpc) is 2.64. The van der Waals surface area contributed by atoms with Crippen LogP contribution < -0.4 is 5.73 Å². The van der Waals surface area contributed by atoms with Crippen molar-refractivity contribution in [2.45, 2.75) is 12.5 Å². The molecular weight excluding hydrogens is 308 g/mol. The molecule has 2 aromatic heterocycles. The van der Waals surface area contributed by atoms with Crippen LogP contribution in [0.5, 0.6) is 0 Å². The molecule has 84 valence electrons. The normalized spacial score (nSPS) is 12.7. The quantitative estimate of drug-likeness (QED) is 0.935. The summed E-state index contributed by atoms with van der Waals surface area (Å²) in [7, 11) is 0. The maximum absolute atomic E-state index is 6.11. The van der Waals surface area contributed by atoms with Crippen LogP contribution in [-0.2, 0) is 6.42 Å². The molecular formula is C11H10BrClN2S. The van der Waals surface area contributed by atoms with Gasteiger partial charge < -0.3 is 5.73 Å². The van der Waals surface area contributed by atoms with E-state index in [2.05, 4.69) is 20.9 Å². The molecule has 0 aromatic carbocycles. The Morgan fingerprint density at radius 2 is 2.25 bits per heavy atom. The molecule has 2 aromatic rings. The van der Waals surface area contributed by atoms with Crippen LogP contribution in [0.4, 0.5) is 0 Å². The molecule has 0 saturated heterocycles. The van der Waals surface area contributed by atoms with E-state index in [1.165, 1.54) is 4.88 Å². The van der Waals surface area contributed by atoms with Gasteiger partial charge in [-0.25, -0.2) is 0 Å². The van der Waals surface area contributed by atoms with Gasteiger partial charge in [-0.2, -0.15) is 0 Å². The van der Waals surface area contributed by atoms with Crippen LogP contribution >= 0.6 is 38.9 Å². The summed E-state index contributed by atoms with van der Waals surface area (Å²) in [6, 6.07) is 5.86. The molecule has 0 saturated carbocycles. The lowest BCUT2D eigenvalue weighted by molar-refractivity contribution is 0.725. The van der Waals surface area contributed by atoms with E-state index in [9.17, 15) is 0 Å². The highest BCUT2D eigenvalue weighted by molar-refractivity contribution is 9.10. The summed E-state index contributed by atoms with van der Waals surface area (Å²) in [4.78, 5) is 5.29. The van der Waals surface area contributed by atoms with E-state index in [0.29, 0.717) is 0 Å². The lowest BCUT2D eigenvalue weighted by atomic mass is 10.1. The number of halogens is 2. The summed E-state index contributed by atoms with van der Waals surface area (Å²) >= 11 is 10.8. The molecule has 0 radical (unpaired) electrons. The number of nitrogens with two attached hydrogens (primary N) is 1. The Morgan fingerprint density at radius 1 is 1.44 bits per heavy atom. The summed E-state index contributed by atoms with van der Waals surface area (Å²) in [5, 5.41) is 0. The smallest absolute Gasteiger partial charge is 0.0931 e. The highest BCUT2D eigenvalue weighted by atomic mass is 79.9. The van der Waals surface area contributed by atoms with Crippen LogP contribution in [0.2, 0.25) is 4.34 Å². The summed E-state index contributed by atoms with van der Waals surface area (Å²) in [5.74, 6) is 0. The van der Waals surface area contributed by atoms with Crippen molar-refractivity contribution in [2.24, 2.45) is 5.73 Å². The molecule has 1 unspecified atom stereocenters. The number of rotatable bonds is 3. The number of nitrogens with zero attached hydrogens (tertiary/aromatic N) is 1. The number of hydrogen-bond donors (Lipinski definition) is 1.